The fraction of sp³-hybridized carbons (Fsp3) is 0.571. The van der Waals surface area contributed by atoms with Crippen LogP contribution in [0.15, 0.2) is 37.0 Å². The van der Waals surface area contributed by atoms with Crippen molar-refractivity contribution in [2.75, 3.05) is 13.1 Å². The van der Waals surface area contributed by atoms with E-state index in [4.69, 9.17) is 0 Å². The number of hydrogen-bond donors (Lipinski definition) is 1. The van der Waals surface area contributed by atoms with Crippen LogP contribution in [-0.2, 0) is 0 Å². The first kappa shape index (κ1) is 10.7. The van der Waals surface area contributed by atoms with E-state index in [1.165, 1.54) is 24.8 Å². The first-order valence-electron chi connectivity index (χ1n) is 5.82. The van der Waals surface area contributed by atoms with E-state index in [1.54, 1.807) is 0 Å². The first-order chi connectivity index (χ1) is 7.18. The van der Waals surface area contributed by atoms with Crippen LogP contribution in [0.1, 0.15) is 26.2 Å². The summed E-state index contributed by atoms with van der Waals surface area (Å²) in [5, 5.41) is 3.48. The van der Waals surface area contributed by atoms with Gasteiger partial charge in [0.1, 0.15) is 0 Å². The molecule has 1 fully saturated rings. The molecule has 1 unspecified atom stereocenters. The molecule has 2 aliphatic rings. The van der Waals surface area contributed by atoms with Crippen molar-refractivity contribution in [2.24, 2.45) is 10.8 Å². The average Bonchev–Trinajstić information content (AvgIpc) is 2.63. The smallest absolute Gasteiger partial charge is 0.0244 e. The van der Waals surface area contributed by atoms with Crippen LogP contribution in [0, 0.1) is 10.8 Å². The molecule has 0 aromatic heterocycles. The van der Waals surface area contributed by atoms with Gasteiger partial charge in [0.05, 0.1) is 0 Å². The first-order valence-corrected chi connectivity index (χ1v) is 5.82. The highest BCUT2D eigenvalue weighted by Gasteiger charge is 2.49. The zero-order chi connectivity index (χ0) is 10.9. The van der Waals surface area contributed by atoms with Gasteiger partial charge in [0, 0.05) is 12.0 Å². The maximum atomic E-state index is 4.04. The fourth-order valence-electron chi connectivity index (χ4n) is 3.30. The van der Waals surface area contributed by atoms with Gasteiger partial charge < -0.3 is 5.32 Å². The SMILES string of the molecule is C=CC1(C=C)CNCCC12CC=C(C)C2. The Hall–Kier alpha value is -0.820. The van der Waals surface area contributed by atoms with E-state index >= 15 is 0 Å². The van der Waals surface area contributed by atoms with Crippen LogP contribution in [0.5, 0.6) is 0 Å². The molecule has 0 radical (unpaired) electrons. The van der Waals surface area contributed by atoms with Gasteiger partial charge in [-0.15, -0.1) is 13.2 Å². The Morgan fingerprint density at radius 2 is 2.13 bits per heavy atom. The summed E-state index contributed by atoms with van der Waals surface area (Å²) in [5.41, 5.74) is 1.98. The Bertz CT molecular complexity index is 305. The number of nitrogens with one attached hydrogen (secondary N) is 1. The molecule has 1 aliphatic carbocycles. The largest absolute Gasteiger partial charge is 0.316 e. The van der Waals surface area contributed by atoms with Gasteiger partial charge in [-0.1, -0.05) is 23.8 Å². The second-order valence-corrected chi connectivity index (χ2v) is 5.09. The summed E-state index contributed by atoms with van der Waals surface area (Å²) >= 11 is 0. The summed E-state index contributed by atoms with van der Waals surface area (Å²) in [4.78, 5) is 0. The average molecular weight is 203 g/mol. The second-order valence-electron chi connectivity index (χ2n) is 5.09. The molecule has 1 nitrogen and oxygen atoms in total. The molecule has 0 aromatic carbocycles. The monoisotopic (exact) mass is 203 g/mol. The van der Waals surface area contributed by atoms with E-state index in [2.05, 4.69) is 43.6 Å². The predicted molar refractivity (Wildman–Crippen MR) is 65.7 cm³/mol. The highest BCUT2D eigenvalue weighted by Crippen LogP contribution is 2.55. The normalized spacial score (nSPS) is 33.8. The van der Waals surface area contributed by atoms with Crippen molar-refractivity contribution in [1.82, 2.24) is 5.32 Å². The Morgan fingerprint density at radius 1 is 1.40 bits per heavy atom. The molecule has 1 spiro atoms. The van der Waals surface area contributed by atoms with Gasteiger partial charge in [-0.05, 0) is 38.1 Å². The molecule has 2 rings (SSSR count). The molecule has 82 valence electrons. The van der Waals surface area contributed by atoms with Crippen LogP contribution in [-0.4, -0.2) is 13.1 Å². The van der Waals surface area contributed by atoms with E-state index in [9.17, 15) is 0 Å². The van der Waals surface area contributed by atoms with Crippen molar-refractivity contribution in [3.63, 3.8) is 0 Å². The predicted octanol–water partition coefficient (Wildman–Crippen LogP) is 3.06. The van der Waals surface area contributed by atoms with Gasteiger partial charge in [-0.2, -0.15) is 0 Å². The minimum absolute atomic E-state index is 0.0828. The molecule has 1 saturated heterocycles. The minimum Gasteiger partial charge on any atom is -0.316 e. The molecule has 0 bridgehead atoms. The van der Waals surface area contributed by atoms with Crippen LogP contribution < -0.4 is 5.32 Å². The lowest BCUT2D eigenvalue weighted by atomic mass is 9.58. The van der Waals surface area contributed by atoms with Crippen molar-refractivity contribution in [2.45, 2.75) is 26.2 Å². The standard InChI is InChI=1S/C14H21N/c1-4-13(5-2)11-15-9-8-14(13)7-6-12(3)10-14/h4-6,15H,1-2,7-11H2,3H3. The number of hydrogen-bond acceptors (Lipinski definition) is 1. The Labute approximate surface area is 93.0 Å². The Balaban J connectivity index is 2.35. The van der Waals surface area contributed by atoms with E-state index in [-0.39, 0.29) is 5.41 Å². The molecule has 0 amide bonds. The molecule has 0 aromatic rings. The lowest BCUT2D eigenvalue weighted by Crippen LogP contribution is -2.51. The molecular weight excluding hydrogens is 182 g/mol. The van der Waals surface area contributed by atoms with E-state index in [0.717, 1.165) is 13.1 Å². The molecule has 1 aliphatic heterocycles. The maximum absolute atomic E-state index is 4.04. The lowest BCUT2D eigenvalue weighted by molar-refractivity contribution is 0.0930. The molecule has 1 heterocycles. The number of rotatable bonds is 2. The van der Waals surface area contributed by atoms with Crippen LogP contribution >= 0.6 is 0 Å². The number of piperidine rings is 1. The summed E-state index contributed by atoms with van der Waals surface area (Å²) in [7, 11) is 0. The topological polar surface area (TPSA) is 12.0 Å². The maximum Gasteiger partial charge on any atom is 0.0244 e. The highest BCUT2D eigenvalue weighted by atomic mass is 14.9. The fourth-order valence-corrected chi connectivity index (χ4v) is 3.30. The summed E-state index contributed by atoms with van der Waals surface area (Å²) in [6, 6.07) is 0. The van der Waals surface area contributed by atoms with Crippen LogP contribution in [0.2, 0.25) is 0 Å². The van der Waals surface area contributed by atoms with E-state index < -0.39 is 0 Å². The van der Waals surface area contributed by atoms with Crippen molar-refractivity contribution in [3.8, 4) is 0 Å². The molecule has 15 heavy (non-hydrogen) atoms. The quantitative estimate of drug-likeness (QED) is 0.680. The Morgan fingerprint density at radius 3 is 2.67 bits per heavy atom. The van der Waals surface area contributed by atoms with Gasteiger partial charge in [0.2, 0.25) is 0 Å². The third-order valence-corrected chi connectivity index (χ3v) is 4.37. The van der Waals surface area contributed by atoms with Crippen LogP contribution in [0.4, 0.5) is 0 Å². The third kappa shape index (κ3) is 1.41. The number of allylic oxidation sites excluding steroid dienone is 2. The second kappa shape index (κ2) is 3.64. The van der Waals surface area contributed by atoms with Gasteiger partial charge in [-0.25, -0.2) is 0 Å². The molecule has 1 N–H and O–H groups in total. The summed E-state index contributed by atoms with van der Waals surface area (Å²) in [6.07, 6.45) is 10.3. The van der Waals surface area contributed by atoms with Gasteiger partial charge in [0.15, 0.2) is 0 Å². The summed E-state index contributed by atoms with van der Waals surface area (Å²) < 4.78 is 0. The zero-order valence-electron chi connectivity index (χ0n) is 9.68. The van der Waals surface area contributed by atoms with Crippen molar-refractivity contribution < 1.29 is 0 Å². The van der Waals surface area contributed by atoms with Gasteiger partial charge in [-0.3, -0.25) is 0 Å². The minimum atomic E-state index is 0.0828. The summed E-state index contributed by atoms with van der Waals surface area (Å²) in [6.45, 7) is 12.4. The van der Waals surface area contributed by atoms with Crippen LogP contribution in [0.25, 0.3) is 0 Å². The molecule has 1 atom stereocenters. The van der Waals surface area contributed by atoms with E-state index in [0.29, 0.717) is 5.41 Å². The molecule has 1 heteroatoms. The lowest BCUT2D eigenvalue weighted by Gasteiger charge is -2.49. The van der Waals surface area contributed by atoms with Crippen LogP contribution in [0.3, 0.4) is 0 Å². The van der Waals surface area contributed by atoms with Crippen molar-refractivity contribution in [1.29, 1.82) is 0 Å². The zero-order valence-corrected chi connectivity index (χ0v) is 9.68. The van der Waals surface area contributed by atoms with Gasteiger partial charge in [0.25, 0.3) is 0 Å². The Kier molecular flexibility index (Phi) is 2.59. The third-order valence-electron chi connectivity index (χ3n) is 4.37. The van der Waals surface area contributed by atoms with E-state index in [1.807, 2.05) is 0 Å². The molecular formula is C14H21N. The highest BCUT2D eigenvalue weighted by molar-refractivity contribution is 5.26. The summed E-state index contributed by atoms with van der Waals surface area (Å²) in [5.74, 6) is 0. The molecule has 0 saturated carbocycles. The van der Waals surface area contributed by atoms with Gasteiger partial charge >= 0.3 is 0 Å². The van der Waals surface area contributed by atoms with Crippen molar-refractivity contribution >= 4 is 0 Å². The van der Waals surface area contributed by atoms with Crippen molar-refractivity contribution in [3.05, 3.63) is 37.0 Å².